The Hall–Kier alpha value is -2.03. The van der Waals surface area contributed by atoms with Crippen LogP contribution in [0.15, 0.2) is 48.6 Å². The molecule has 0 N–H and O–H groups in total. The summed E-state index contributed by atoms with van der Waals surface area (Å²) in [4.78, 5) is 37.9. The molecule has 0 bridgehead atoms. The lowest BCUT2D eigenvalue weighted by atomic mass is 10.0. The molecule has 0 aliphatic rings. The number of phosphoric ester groups is 1. The van der Waals surface area contributed by atoms with Crippen LogP contribution >= 0.6 is 7.82 Å². The topological polar surface area (TPSA) is 111 Å². The summed E-state index contributed by atoms with van der Waals surface area (Å²) in [5, 5.41) is 0. The Morgan fingerprint density at radius 1 is 0.403 bits per heavy atom. The minimum absolute atomic E-state index is 0.0311. The summed E-state index contributed by atoms with van der Waals surface area (Å²) < 4.78 is 34.2. The standard InChI is InChI=1S/C67H126NO8P/c1-6-8-10-12-14-16-18-20-22-24-26-27-28-29-30-31-32-33-34-35-36-37-38-39-40-41-42-44-46-48-50-52-54-56-58-60-67(70)76-65(64-75-77(71,72)74-62-61-68(3,4)5)63-73-66(69)59-57-55-53-51-49-47-45-43-25-23-21-19-17-15-13-11-9-7-2/h17-20,23-26,65H,6-16,21-22,27-64H2,1-5H3/b19-17-,20-18-,25-23-,26-24-. The van der Waals surface area contributed by atoms with E-state index in [1.54, 1.807) is 0 Å². The molecule has 452 valence electrons. The smallest absolute Gasteiger partial charge is 0.306 e. The Morgan fingerprint density at radius 2 is 0.701 bits per heavy atom. The second-order valence-corrected chi connectivity index (χ2v) is 24.9. The van der Waals surface area contributed by atoms with E-state index in [4.69, 9.17) is 18.5 Å². The number of ether oxygens (including phenoxy) is 2. The maximum absolute atomic E-state index is 12.8. The van der Waals surface area contributed by atoms with Crippen molar-refractivity contribution in [3.05, 3.63) is 48.6 Å². The van der Waals surface area contributed by atoms with Crippen LogP contribution in [0.3, 0.4) is 0 Å². The van der Waals surface area contributed by atoms with Gasteiger partial charge in [0.25, 0.3) is 7.82 Å². The van der Waals surface area contributed by atoms with Crippen molar-refractivity contribution < 1.29 is 42.1 Å². The molecule has 0 spiro atoms. The van der Waals surface area contributed by atoms with Crippen LogP contribution in [0, 0.1) is 0 Å². The van der Waals surface area contributed by atoms with E-state index >= 15 is 0 Å². The number of allylic oxidation sites excluding steroid dienone is 8. The summed E-state index contributed by atoms with van der Waals surface area (Å²) >= 11 is 0. The lowest BCUT2D eigenvalue weighted by Crippen LogP contribution is -2.37. The van der Waals surface area contributed by atoms with Crippen molar-refractivity contribution in [2.45, 2.75) is 322 Å². The predicted molar refractivity (Wildman–Crippen MR) is 328 cm³/mol. The predicted octanol–water partition coefficient (Wildman–Crippen LogP) is 20.2. The molecule has 0 rings (SSSR count). The largest absolute Gasteiger partial charge is 0.756 e. The number of unbranched alkanes of at least 4 members (excludes halogenated alkanes) is 39. The van der Waals surface area contributed by atoms with Gasteiger partial charge in [0, 0.05) is 12.8 Å². The van der Waals surface area contributed by atoms with Gasteiger partial charge in [0.15, 0.2) is 6.10 Å². The summed E-state index contributed by atoms with van der Waals surface area (Å²) in [6.07, 6.45) is 74.7. The first-order valence-corrected chi connectivity index (χ1v) is 34.3. The summed E-state index contributed by atoms with van der Waals surface area (Å²) in [5.74, 6) is -0.829. The van der Waals surface area contributed by atoms with Gasteiger partial charge < -0.3 is 27.9 Å². The fourth-order valence-corrected chi connectivity index (χ4v) is 10.2. The van der Waals surface area contributed by atoms with Gasteiger partial charge in [-0.15, -0.1) is 0 Å². The molecular weight excluding hydrogens is 978 g/mol. The van der Waals surface area contributed by atoms with E-state index in [9.17, 15) is 19.0 Å². The van der Waals surface area contributed by atoms with E-state index in [1.807, 2.05) is 21.1 Å². The second-order valence-electron chi connectivity index (χ2n) is 23.5. The highest BCUT2D eigenvalue weighted by Crippen LogP contribution is 2.38. The molecule has 0 aromatic rings. The zero-order valence-electron chi connectivity index (χ0n) is 51.4. The Bertz CT molecular complexity index is 1440. The van der Waals surface area contributed by atoms with Crippen molar-refractivity contribution in [1.29, 1.82) is 0 Å². The van der Waals surface area contributed by atoms with E-state index < -0.39 is 26.5 Å². The quantitative estimate of drug-likeness (QED) is 0.0195. The first kappa shape index (κ1) is 75.0. The average molecular weight is 1100 g/mol. The molecular formula is C67H126NO8P. The highest BCUT2D eigenvalue weighted by molar-refractivity contribution is 7.45. The van der Waals surface area contributed by atoms with Crippen LogP contribution in [0.4, 0.5) is 0 Å². The maximum Gasteiger partial charge on any atom is 0.306 e. The molecule has 0 aliphatic carbocycles. The van der Waals surface area contributed by atoms with Gasteiger partial charge in [0.2, 0.25) is 0 Å². The molecule has 0 aliphatic heterocycles. The van der Waals surface area contributed by atoms with Gasteiger partial charge in [-0.1, -0.05) is 274 Å². The molecule has 0 aromatic heterocycles. The Kier molecular flexibility index (Phi) is 57.1. The van der Waals surface area contributed by atoms with Crippen molar-refractivity contribution in [2.24, 2.45) is 0 Å². The number of likely N-dealkylation sites (N-methyl/N-ethyl adjacent to an activating group) is 1. The number of quaternary nitrogens is 1. The number of esters is 2. The molecule has 2 unspecified atom stereocenters. The number of carbonyl (C=O) groups is 2. The van der Waals surface area contributed by atoms with Crippen LogP contribution in [0.25, 0.3) is 0 Å². The Labute approximate surface area is 477 Å². The summed E-state index contributed by atoms with van der Waals surface area (Å²) in [6, 6.07) is 0. The third-order valence-corrected chi connectivity index (χ3v) is 15.5. The third-order valence-electron chi connectivity index (χ3n) is 14.6. The molecule has 0 saturated heterocycles. The maximum atomic E-state index is 12.8. The number of hydrogen-bond donors (Lipinski definition) is 0. The summed E-state index contributed by atoms with van der Waals surface area (Å²) in [6.45, 7) is 4.24. The molecule has 0 aromatic carbocycles. The molecule has 9 nitrogen and oxygen atoms in total. The molecule has 0 saturated carbocycles. The van der Waals surface area contributed by atoms with Gasteiger partial charge in [-0.2, -0.15) is 0 Å². The Morgan fingerprint density at radius 3 is 1.04 bits per heavy atom. The van der Waals surface area contributed by atoms with E-state index in [1.165, 1.54) is 225 Å². The molecule has 0 radical (unpaired) electrons. The monoisotopic (exact) mass is 1100 g/mol. The normalized spacial score (nSPS) is 13.5. The first-order valence-electron chi connectivity index (χ1n) is 32.8. The zero-order valence-corrected chi connectivity index (χ0v) is 52.3. The van der Waals surface area contributed by atoms with Crippen LogP contribution in [0.2, 0.25) is 0 Å². The lowest BCUT2D eigenvalue weighted by molar-refractivity contribution is -0.870. The van der Waals surface area contributed by atoms with E-state index in [2.05, 4.69) is 62.5 Å². The first-order chi connectivity index (χ1) is 37.5. The van der Waals surface area contributed by atoms with Crippen molar-refractivity contribution >= 4 is 19.8 Å². The minimum Gasteiger partial charge on any atom is -0.756 e. The fraction of sp³-hybridized carbons (Fsp3) is 0.851. The van der Waals surface area contributed by atoms with Crippen molar-refractivity contribution in [2.75, 3.05) is 47.5 Å². The number of rotatable bonds is 61. The van der Waals surface area contributed by atoms with Crippen molar-refractivity contribution in [3.63, 3.8) is 0 Å². The van der Waals surface area contributed by atoms with E-state index in [-0.39, 0.29) is 32.0 Å². The molecule has 2 atom stereocenters. The van der Waals surface area contributed by atoms with Crippen molar-refractivity contribution in [3.8, 4) is 0 Å². The van der Waals surface area contributed by atoms with Gasteiger partial charge in [-0.25, -0.2) is 0 Å². The van der Waals surface area contributed by atoms with Crippen LogP contribution in [0.1, 0.15) is 316 Å². The van der Waals surface area contributed by atoms with Crippen molar-refractivity contribution in [1.82, 2.24) is 0 Å². The number of carbonyl (C=O) groups excluding carboxylic acids is 2. The molecule has 10 heteroatoms. The average Bonchev–Trinajstić information content (AvgIpc) is 3.39. The lowest BCUT2D eigenvalue weighted by Gasteiger charge is -2.28. The van der Waals surface area contributed by atoms with E-state index in [0.717, 1.165) is 57.8 Å². The van der Waals surface area contributed by atoms with E-state index in [0.29, 0.717) is 17.4 Å². The summed E-state index contributed by atoms with van der Waals surface area (Å²) in [7, 11) is 1.17. The van der Waals surface area contributed by atoms with Crippen LogP contribution < -0.4 is 4.89 Å². The Balaban J connectivity index is 3.98. The highest BCUT2D eigenvalue weighted by atomic mass is 31.2. The zero-order chi connectivity index (χ0) is 56.3. The fourth-order valence-electron chi connectivity index (χ4n) is 9.48. The highest BCUT2D eigenvalue weighted by Gasteiger charge is 2.22. The molecule has 0 amide bonds. The van der Waals surface area contributed by atoms with Crippen LogP contribution in [0.5, 0.6) is 0 Å². The molecule has 0 heterocycles. The van der Waals surface area contributed by atoms with Gasteiger partial charge in [-0.3, -0.25) is 14.2 Å². The number of hydrogen-bond acceptors (Lipinski definition) is 8. The molecule has 77 heavy (non-hydrogen) atoms. The van der Waals surface area contributed by atoms with Gasteiger partial charge in [-0.05, 0) is 77.0 Å². The summed E-state index contributed by atoms with van der Waals surface area (Å²) in [5.41, 5.74) is 0. The minimum atomic E-state index is -4.64. The molecule has 0 fully saturated rings. The van der Waals surface area contributed by atoms with Gasteiger partial charge >= 0.3 is 11.9 Å². The van der Waals surface area contributed by atoms with Crippen LogP contribution in [-0.4, -0.2) is 70.0 Å². The van der Waals surface area contributed by atoms with Gasteiger partial charge in [0.1, 0.15) is 19.8 Å². The number of nitrogens with zero attached hydrogens (tertiary/aromatic N) is 1. The number of phosphoric acid groups is 1. The SMILES string of the molecule is CCCCCC/C=C\C/C=C\CCCCCCCCCC(=O)OCC(COP(=O)([O-])OCC[N+](C)(C)C)OC(=O)CCCCCCCCCCCCCCCCCCCCCCCCC/C=C\C/C=C\CCCCCCC. The second kappa shape index (κ2) is 58.6. The van der Waals surface area contributed by atoms with Gasteiger partial charge in [0.05, 0.1) is 27.7 Å². The van der Waals surface area contributed by atoms with Crippen LogP contribution in [-0.2, 0) is 32.7 Å². The third kappa shape index (κ3) is 63.0.